The molecule has 2 heterocycles. The summed E-state index contributed by atoms with van der Waals surface area (Å²) >= 11 is -0.957. The van der Waals surface area contributed by atoms with E-state index in [0.717, 1.165) is 9.07 Å². The minimum absolute atomic E-state index is 0.0350. The second kappa shape index (κ2) is 9.99. The fourth-order valence-corrected chi connectivity index (χ4v) is 6.34. The maximum Gasteiger partial charge on any atom is 0.405 e. The van der Waals surface area contributed by atoms with Gasteiger partial charge in [-0.1, -0.05) is 45.0 Å². The Kier molecular flexibility index (Phi) is 7.19. The van der Waals surface area contributed by atoms with Crippen LogP contribution in [0.2, 0.25) is 0 Å². The maximum absolute atomic E-state index is 13.3. The van der Waals surface area contributed by atoms with E-state index in [1.54, 1.807) is 30.3 Å². The summed E-state index contributed by atoms with van der Waals surface area (Å²) in [7, 11) is -3.82. The molecule has 4 rings (SSSR count). The van der Waals surface area contributed by atoms with Crippen LogP contribution in [-0.4, -0.2) is 34.6 Å². The highest BCUT2D eigenvalue weighted by atomic mass is 127. The number of allylic oxidation sites excluding steroid dienone is 1. The molecule has 0 unspecified atom stereocenters. The Labute approximate surface area is 208 Å². The van der Waals surface area contributed by atoms with E-state index in [1.807, 2.05) is 6.08 Å². The lowest BCUT2D eigenvalue weighted by Gasteiger charge is -2.17. The molecule has 13 heteroatoms. The Morgan fingerprint density at radius 3 is 2.26 bits per heavy atom. The number of sulfonamides is 1. The summed E-state index contributed by atoms with van der Waals surface area (Å²) in [5, 5.41) is 10.4. The topological polar surface area (TPSA) is 110 Å². The van der Waals surface area contributed by atoms with E-state index in [0.29, 0.717) is 14.8 Å². The van der Waals surface area contributed by atoms with Crippen molar-refractivity contribution < 1.29 is 26.0 Å². The van der Waals surface area contributed by atoms with Crippen molar-refractivity contribution in [1.29, 1.82) is 0 Å². The van der Waals surface area contributed by atoms with E-state index in [-0.39, 0.29) is 29.0 Å². The first-order valence-electron chi connectivity index (χ1n) is 10.0. The first-order valence-corrected chi connectivity index (χ1v) is 13.7. The van der Waals surface area contributed by atoms with Gasteiger partial charge in [-0.15, -0.1) is 0 Å². The van der Waals surface area contributed by atoms with Crippen LogP contribution in [0, 0.1) is 9.39 Å². The van der Waals surface area contributed by atoms with E-state index in [9.17, 15) is 26.0 Å². The zero-order chi connectivity index (χ0) is 25.2. The van der Waals surface area contributed by atoms with Crippen molar-refractivity contribution in [2.45, 2.75) is 17.6 Å². The van der Waals surface area contributed by atoms with Gasteiger partial charge in [-0.25, -0.2) is 22.9 Å². The Morgan fingerprint density at radius 1 is 0.943 bits per heavy atom. The van der Waals surface area contributed by atoms with Gasteiger partial charge in [-0.05, 0) is 47.5 Å². The van der Waals surface area contributed by atoms with Crippen LogP contribution in [0.15, 0.2) is 59.5 Å². The predicted octanol–water partition coefficient (Wildman–Crippen LogP) is 4.24. The molecule has 0 atom stereocenters. The van der Waals surface area contributed by atoms with E-state index in [4.69, 9.17) is 5.14 Å². The summed E-state index contributed by atoms with van der Waals surface area (Å²) in [5.74, 6) is -0.183. The highest BCUT2D eigenvalue weighted by Gasteiger charge is 2.28. The zero-order valence-electron chi connectivity index (χ0n) is 17.8. The number of primary sulfonamides is 1. The van der Waals surface area contributed by atoms with Gasteiger partial charge in [0.05, 0.1) is 14.2 Å². The van der Waals surface area contributed by atoms with Gasteiger partial charge in [-0.2, -0.15) is 18.2 Å². The normalized spacial score (nSPS) is 13.5. The summed E-state index contributed by atoms with van der Waals surface area (Å²) in [6, 6.07) is 11.7. The van der Waals surface area contributed by atoms with Gasteiger partial charge in [-0.3, -0.25) is 0 Å². The molecule has 1 aliphatic heterocycles. The summed E-state index contributed by atoms with van der Waals surface area (Å²) < 4.78 is 76.3. The average molecular weight is 619 g/mol. The SMILES string of the molecule is NS(=O)(=O)c1ccc(CNc2nc3c(c(NCC(F)(F)F)n2)I=C(c2ccc(F)cc2)C=C3)cc1. The quantitative estimate of drug-likeness (QED) is 0.270. The van der Waals surface area contributed by atoms with Gasteiger partial charge >= 0.3 is 6.18 Å². The highest BCUT2D eigenvalue weighted by molar-refractivity contribution is 14.2. The van der Waals surface area contributed by atoms with Crippen molar-refractivity contribution in [2.75, 3.05) is 17.2 Å². The number of nitrogens with zero attached hydrogens (tertiary/aromatic N) is 2. The highest BCUT2D eigenvalue weighted by Crippen LogP contribution is 2.33. The van der Waals surface area contributed by atoms with Gasteiger partial charge in [0.1, 0.15) is 18.2 Å². The van der Waals surface area contributed by atoms with Crippen LogP contribution in [0.3, 0.4) is 0 Å². The number of anilines is 2. The summed E-state index contributed by atoms with van der Waals surface area (Å²) in [6.07, 6.45) is -0.911. The molecule has 0 aliphatic carbocycles. The number of alkyl halides is 3. The molecule has 1 aliphatic rings. The van der Waals surface area contributed by atoms with Crippen molar-refractivity contribution >= 4 is 52.1 Å². The van der Waals surface area contributed by atoms with Crippen LogP contribution < -0.4 is 15.8 Å². The third kappa shape index (κ3) is 6.61. The van der Waals surface area contributed by atoms with Crippen molar-refractivity contribution in [1.82, 2.24) is 9.97 Å². The third-order valence-corrected chi connectivity index (χ3v) is 8.84. The molecule has 0 bridgehead atoms. The molecule has 35 heavy (non-hydrogen) atoms. The number of halogens is 5. The molecule has 0 saturated heterocycles. The number of rotatable bonds is 7. The number of aromatic nitrogens is 2. The number of hydrogen-bond acceptors (Lipinski definition) is 6. The molecule has 184 valence electrons. The molecule has 0 fully saturated rings. The monoisotopic (exact) mass is 619 g/mol. The largest absolute Gasteiger partial charge is 0.405 e. The number of nitrogens with two attached hydrogens (primary N) is 1. The molecule has 0 spiro atoms. The van der Waals surface area contributed by atoms with Gasteiger partial charge in [0.2, 0.25) is 16.0 Å². The van der Waals surface area contributed by atoms with Crippen LogP contribution in [0.1, 0.15) is 16.8 Å². The molecule has 2 aromatic carbocycles. The lowest BCUT2D eigenvalue weighted by atomic mass is 10.1. The first-order chi connectivity index (χ1) is 16.5. The standard InChI is InChI=1S/C22H18F4IN5O2S/c23-15-5-3-14(4-6-15)17-9-10-18-19(27-17)20(30-12-22(24,25)26)32-21(31-18)29-11-13-1-7-16(8-2-13)35(28,33)34/h1-10H,11-12H2,(H2,28,33,34)(H2,29,30,31,32). The van der Waals surface area contributed by atoms with E-state index < -0.39 is 43.5 Å². The lowest BCUT2D eigenvalue weighted by molar-refractivity contribution is -0.115. The molecule has 0 saturated carbocycles. The molecule has 7 nitrogen and oxygen atoms in total. The van der Waals surface area contributed by atoms with Gasteiger partial charge in [0.25, 0.3) is 0 Å². The molecule has 0 amide bonds. The van der Waals surface area contributed by atoms with E-state index in [1.165, 1.54) is 24.3 Å². The van der Waals surface area contributed by atoms with Gasteiger partial charge in [0, 0.05) is 10.1 Å². The van der Waals surface area contributed by atoms with Crippen LogP contribution >= 0.6 is 20.7 Å². The minimum atomic E-state index is -4.44. The van der Waals surface area contributed by atoms with Crippen molar-refractivity contribution in [3.8, 4) is 0 Å². The number of nitrogens with one attached hydrogen (secondary N) is 2. The lowest BCUT2D eigenvalue weighted by Crippen LogP contribution is -2.23. The van der Waals surface area contributed by atoms with E-state index in [2.05, 4.69) is 20.6 Å². The molecule has 1 aromatic heterocycles. The zero-order valence-corrected chi connectivity index (χ0v) is 20.7. The number of fused-ring (bicyclic) bond motifs is 1. The summed E-state index contributed by atoms with van der Waals surface area (Å²) in [4.78, 5) is 8.68. The maximum atomic E-state index is 13.3. The smallest absolute Gasteiger partial charge is 0.360 e. The Hall–Kier alpha value is -2.91. The van der Waals surface area contributed by atoms with Gasteiger partial charge < -0.3 is 10.6 Å². The molecule has 4 N–H and O–H groups in total. The molecule has 3 aromatic rings. The summed E-state index contributed by atoms with van der Waals surface area (Å²) in [5.41, 5.74) is 1.97. The van der Waals surface area contributed by atoms with Gasteiger partial charge in [0.15, 0.2) is 0 Å². The molecular formula is C22H18F4IN5O2S. The van der Waals surface area contributed by atoms with Crippen LogP contribution in [-0.2, 0) is 16.6 Å². The molecule has 0 radical (unpaired) electrons. The van der Waals surface area contributed by atoms with Crippen molar-refractivity contribution in [3.05, 3.63) is 80.8 Å². The second-order valence-electron chi connectivity index (χ2n) is 7.39. The van der Waals surface area contributed by atoms with Crippen LogP contribution in [0.4, 0.5) is 29.3 Å². The van der Waals surface area contributed by atoms with Crippen molar-refractivity contribution in [3.63, 3.8) is 0 Å². The number of hydrogen-bond donors (Lipinski definition) is 3. The third-order valence-electron chi connectivity index (χ3n) is 4.74. The first kappa shape index (κ1) is 25.2. The number of benzene rings is 2. The minimum Gasteiger partial charge on any atom is -0.360 e. The van der Waals surface area contributed by atoms with Crippen LogP contribution in [0.5, 0.6) is 0 Å². The molecular weight excluding hydrogens is 601 g/mol. The predicted molar refractivity (Wildman–Crippen MR) is 134 cm³/mol. The Bertz CT molecular complexity index is 1410. The van der Waals surface area contributed by atoms with Crippen molar-refractivity contribution in [2.24, 2.45) is 5.14 Å². The summed E-state index contributed by atoms with van der Waals surface area (Å²) in [6.45, 7) is -1.06. The van der Waals surface area contributed by atoms with Crippen LogP contribution in [0.25, 0.3) is 6.08 Å². The second-order valence-corrected chi connectivity index (χ2v) is 11.7. The van der Waals surface area contributed by atoms with E-state index >= 15 is 0 Å². The fraction of sp³-hybridized carbons (Fsp3) is 0.136. The Balaban J connectivity index is 1.62. The average Bonchev–Trinajstić information content (AvgIpc) is 2.80. The Morgan fingerprint density at radius 2 is 1.63 bits per heavy atom. The fourth-order valence-electron chi connectivity index (χ4n) is 3.07.